The third-order valence-corrected chi connectivity index (χ3v) is 5.62. The lowest BCUT2D eigenvalue weighted by atomic mass is 10.1. The first-order valence-corrected chi connectivity index (χ1v) is 10.0. The van der Waals surface area contributed by atoms with Gasteiger partial charge in [-0.25, -0.2) is 9.97 Å². The Labute approximate surface area is 182 Å². The van der Waals surface area contributed by atoms with E-state index in [4.69, 9.17) is 0 Å². The Morgan fingerprint density at radius 1 is 0.933 bits per heavy atom. The van der Waals surface area contributed by atoms with E-state index in [1.54, 1.807) is 12.5 Å². The Bertz CT molecular complexity index is 1100. The van der Waals surface area contributed by atoms with Crippen LogP contribution in [-0.4, -0.2) is 51.2 Å². The zero-order valence-electron chi connectivity index (χ0n) is 17.0. The first-order valence-electron chi connectivity index (χ1n) is 10.0. The minimum absolute atomic E-state index is 0. The number of nitrogens with zero attached hydrogens (tertiary/aromatic N) is 5. The number of benzene rings is 2. The Hall–Kier alpha value is -2.96. The third kappa shape index (κ3) is 4.15. The van der Waals surface area contributed by atoms with Gasteiger partial charge < -0.3 is 4.90 Å². The predicted octanol–water partition coefficient (Wildman–Crippen LogP) is 4.07. The monoisotopic (exact) mass is 420 g/mol. The third-order valence-electron chi connectivity index (χ3n) is 5.62. The van der Waals surface area contributed by atoms with Crippen molar-refractivity contribution in [1.82, 2.24) is 25.1 Å². The lowest BCUT2D eigenvalue weighted by Gasteiger charge is -2.35. The Kier molecular flexibility index (Phi) is 5.97. The summed E-state index contributed by atoms with van der Waals surface area (Å²) in [6.45, 7) is 7.12. The van der Waals surface area contributed by atoms with Crippen molar-refractivity contribution in [2.24, 2.45) is 0 Å². The highest BCUT2D eigenvalue weighted by molar-refractivity contribution is 5.92. The molecule has 7 heteroatoms. The molecule has 0 radical (unpaired) electrons. The summed E-state index contributed by atoms with van der Waals surface area (Å²) >= 11 is 0. The summed E-state index contributed by atoms with van der Waals surface area (Å²) in [4.78, 5) is 14.0. The van der Waals surface area contributed by atoms with Crippen LogP contribution in [0.5, 0.6) is 0 Å². The van der Waals surface area contributed by atoms with Crippen LogP contribution >= 0.6 is 12.4 Å². The molecule has 3 heterocycles. The fourth-order valence-corrected chi connectivity index (χ4v) is 3.95. The summed E-state index contributed by atoms with van der Waals surface area (Å²) in [5.74, 6) is 1.02. The zero-order valence-corrected chi connectivity index (χ0v) is 17.8. The first kappa shape index (κ1) is 20.3. The molecule has 30 heavy (non-hydrogen) atoms. The van der Waals surface area contributed by atoms with Gasteiger partial charge in [-0.05, 0) is 30.7 Å². The van der Waals surface area contributed by atoms with Crippen LogP contribution in [0, 0.1) is 6.92 Å². The predicted molar refractivity (Wildman–Crippen MR) is 123 cm³/mol. The van der Waals surface area contributed by atoms with Gasteiger partial charge in [-0.1, -0.05) is 35.9 Å². The highest BCUT2D eigenvalue weighted by atomic mass is 35.5. The maximum absolute atomic E-state index is 4.64. The van der Waals surface area contributed by atoms with Crippen molar-refractivity contribution < 1.29 is 0 Å². The van der Waals surface area contributed by atoms with Crippen LogP contribution < -0.4 is 4.90 Å². The molecular weight excluding hydrogens is 396 g/mol. The van der Waals surface area contributed by atoms with Gasteiger partial charge in [-0.2, -0.15) is 5.10 Å². The second-order valence-corrected chi connectivity index (χ2v) is 7.65. The van der Waals surface area contributed by atoms with E-state index in [0.717, 1.165) is 60.7 Å². The molecule has 0 unspecified atom stereocenters. The average molecular weight is 421 g/mol. The quantitative estimate of drug-likeness (QED) is 0.539. The Balaban J connectivity index is 0.00000218. The number of fused-ring (bicyclic) bond motifs is 1. The van der Waals surface area contributed by atoms with Crippen molar-refractivity contribution >= 4 is 29.1 Å². The summed E-state index contributed by atoms with van der Waals surface area (Å²) in [6.07, 6.45) is 3.45. The van der Waals surface area contributed by atoms with E-state index in [2.05, 4.69) is 79.4 Å². The molecule has 1 N–H and O–H groups in total. The van der Waals surface area contributed by atoms with Crippen molar-refractivity contribution in [2.75, 3.05) is 31.1 Å². The molecule has 1 fully saturated rings. The van der Waals surface area contributed by atoms with Crippen LogP contribution in [0.25, 0.3) is 22.2 Å². The van der Waals surface area contributed by atoms with Gasteiger partial charge in [0.25, 0.3) is 0 Å². The van der Waals surface area contributed by atoms with Gasteiger partial charge in [0.15, 0.2) is 0 Å². The number of aromatic amines is 1. The van der Waals surface area contributed by atoms with E-state index in [0.29, 0.717) is 0 Å². The fraction of sp³-hybridized carbons (Fsp3) is 0.261. The Morgan fingerprint density at radius 3 is 2.47 bits per heavy atom. The molecule has 1 aliphatic heterocycles. The zero-order chi connectivity index (χ0) is 19.6. The number of rotatable bonds is 4. The lowest BCUT2D eigenvalue weighted by Crippen LogP contribution is -2.46. The molecule has 0 saturated carbocycles. The smallest absolute Gasteiger partial charge is 0.139 e. The second kappa shape index (κ2) is 8.81. The highest BCUT2D eigenvalue weighted by Gasteiger charge is 2.20. The molecule has 154 valence electrons. The summed E-state index contributed by atoms with van der Waals surface area (Å²) in [7, 11) is 0. The van der Waals surface area contributed by atoms with Gasteiger partial charge in [-0.15, -0.1) is 12.4 Å². The largest absolute Gasteiger partial charge is 0.353 e. The number of hydrogen-bond donors (Lipinski definition) is 1. The van der Waals surface area contributed by atoms with Crippen LogP contribution in [-0.2, 0) is 6.54 Å². The molecule has 0 bridgehead atoms. The molecule has 6 nitrogen and oxygen atoms in total. The van der Waals surface area contributed by atoms with Crippen LogP contribution in [0.2, 0.25) is 0 Å². The molecule has 0 spiro atoms. The molecule has 2 aromatic heterocycles. The van der Waals surface area contributed by atoms with Crippen LogP contribution in [0.15, 0.2) is 61.1 Å². The van der Waals surface area contributed by atoms with E-state index < -0.39 is 0 Å². The number of piperazine rings is 1. The molecule has 4 aromatic rings. The minimum atomic E-state index is 0. The standard InChI is InChI=1S/C23H24N6.ClH/c1-17-2-4-18(5-3-17)15-28-10-12-29(13-11-28)23-20-14-19(21-8-9-26-27-21)6-7-22(20)24-16-25-23;/h2-9,14,16H,10-13,15H2,1H3,(H,26,27);1H. The SMILES string of the molecule is Cc1ccc(CN2CCN(c3ncnc4ccc(-c5ccn[nH]5)cc34)CC2)cc1.Cl. The molecule has 0 atom stereocenters. The number of H-pyrrole nitrogens is 1. The highest BCUT2D eigenvalue weighted by Crippen LogP contribution is 2.28. The number of aryl methyl sites for hydroxylation is 1. The fourth-order valence-electron chi connectivity index (χ4n) is 3.95. The minimum Gasteiger partial charge on any atom is -0.353 e. The summed E-state index contributed by atoms with van der Waals surface area (Å²) in [5.41, 5.74) is 5.76. The van der Waals surface area contributed by atoms with E-state index in [1.807, 2.05) is 6.07 Å². The van der Waals surface area contributed by atoms with Crippen molar-refractivity contribution in [3.05, 3.63) is 72.2 Å². The van der Waals surface area contributed by atoms with Crippen LogP contribution in [0.4, 0.5) is 5.82 Å². The second-order valence-electron chi connectivity index (χ2n) is 7.65. The molecule has 0 aliphatic carbocycles. The van der Waals surface area contributed by atoms with Crippen molar-refractivity contribution in [1.29, 1.82) is 0 Å². The summed E-state index contributed by atoms with van der Waals surface area (Å²) < 4.78 is 0. The summed E-state index contributed by atoms with van der Waals surface area (Å²) in [6, 6.07) is 17.1. The van der Waals surface area contributed by atoms with Gasteiger partial charge in [0.05, 0.1) is 11.2 Å². The number of halogens is 1. The number of hydrogen-bond acceptors (Lipinski definition) is 5. The van der Waals surface area contributed by atoms with Crippen molar-refractivity contribution in [3.63, 3.8) is 0 Å². The van der Waals surface area contributed by atoms with E-state index in [-0.39, 0.29) is 12.4 Å². The number of nitrogens with one attached hydrogen (secondary N) is 1. The summed E-state index contributed by atoms with van der Waals surface area (Å²) in [5, 5.41) is 8.19. The van der Waals surface area contributed by atoms with E-state index in [1.165, 1.54) is 11.1 Å². The topological polar surface area (TPSA) is 60.9 Å². The lowest BCUT2D eigenvalue weighted by molar-refractivity contribution is 0.249. The normalized spacial score (nSPS) is 14.6. The molecule has 2 aromatic carbocycles. The molecular formula is C23H25ClN6. The molecule has 1 saturated heterocycles. The number of anilines is 1. The van der Waals surface area contributed by atoms with Gasteiger partial charge in [0.1, 0.15) is 12.1 Å². The Morgan fingerprint density at radius 2 is 1.73 bits per heavy atom. The molecule has 5 rings (SSSR count). The van der Waals surface area contributed by atoms with Crippen LogP contribution in [0.1, 0.15) is 11.1 Å². The first-order chi connectivity index (χ1) is 14.3. The average Bonchev–Trinajstić information content (AvgIpc) is 3.30. The maximum atomic E-state index is 4.64. The van der Waals surface area contributed by atoms with Gasteiger partial charge >= 0.3 is 0 Å². The van der Waals surface area contributed by atoms with Crippen molar-refractivity contribution in [3.8, 4) is 11.3 Å². The molecule has 0 amide bonds. The van der Waals surface area contributed by atoms with Crippen molar-refractivity contribution in [2.45, 2.75) is 13.5 Å². The van der Waals surface area contributed by atoms with Crippen LogP contribution in [0.3, 0.4) is 0 Å². The van der Waals surface area contributed by atoms with Gasteiger partial charge in [0, 0.05) is 49.9 Å². The van der Waals surface area contributed by atoms with Gasteiger partial charge in [-0.3, -0.25) is 10.00 Å². The van der Waals surface area contributed by atoms with Gasteiger partial charge in [0.2, 0.25) is 0 Å². The van der Waals surface area contributed by atoms with E-state index >= 15 is 0 Å². The van der Waals surface area contributed by atoms with E-state index in [9.17, 15) is 0 Å². The number of aromatic nitrogens is 4. The molecule has 1 aliphatic rings. The maximum Gasteiger partial charge on any atom is 0.139 e.